The fourth-order valence-corrected chi connectivity index (χ4v) is 12.3. The molecule has 0 unspecified atom stereocenters. The third kappa shape index (κ3) is 16.6. The molecular weight excluding hydrogens is 1080 g/mol. The Labute approximate surface area is 488 Å². The zero-order valence-electron chi connectivity index (χ0n) is 51.5. The average molecular weight is 1180 g/mol. The Balaban J connectivity index is 1.15. The van der Waals surface area contributed by atoms with Gasteiger partial charge in [0.25, 0.3) is 0 Å². The third-order valence-electron chi connectivity index (χ3n) is 17.3. The lowest BCUT2D eigenvalue weighted by Gasteiger charge is -2.49. The highest BCUT2D eigenvalue weighted by atomic mass is 16.7. The van der Waals surface area contributed by atoms with Gasteiger partial charge in [-0.1, -0.05) is 20.8 Å². The Hall–Kier alpha value is -4.37. The molecule has 0 bridgehead atoms. The molecule has 470 valence electrons. The number of carbonyl (C=O) groups excluding carboxylic acids is 4. The second-order valence-electron chi connectivity index (χ2n) is 24.5. The standard InChI is InChI=1S/C60H96N4O19/c1-16-45-60(11,73)52(69)37(7)63(14)30-33(3)28-58(9,72)53(83-57-50(68)44(62(12)13)26-34(4)78-57)35(5)51(36(6)55(70)80-45)82-48-29-59(10,74-15)54(38(8)79-48)81-46(65)22-24-75-25-23-61-39-18-21-43-41(27-39)49(67)42(31-64(43)40-19-20-40)56(71)77-32-47(66)76-17-2/h18,21,27,31,33-38,40,44-45,48,50-54,57,61,68-69,72-73H,16-17,19-20,22-26,28-30,32H2,1-15H3/t33-,34-,35+,36-,37-,38+,44+,45-,48+,50+,51+,52-,53-,54+,57+,58-,59-,60-/m1/s1. The number of esters is 4. The van der Waals surface area contributed by atoms with Crippen LogP contribution < -0.4 is 10.7 Å². The average Bonchev–Trinajstić information content (AvgIpc) is 3.82. The van der Waals surface area contributed by atoms with Crippen LogP contribution in [0.5, 0.6) is 0 Å². The smallest absolute Gasteiger partial charge is 0.344 e. The van der Waals surface area contributed by atoms with Gasteiger partial charge < -0.3 is 87.5 Å². The molecule has 83 heavy (non-hydrogen) atoms. The number of rotatable bonds is 20. The molecule has 3 saturated heterocycles. The summed E-state index contributed by atoms with van der Waals surface area (Å²) in [5.74, 6) is -5.14. The van der Waals surface area contributed by atoms with Gasteiger partial charge in [-0.15, -0.1) is 0 Å². The Bertz CT molecular complexity index is 2560. The van der Waals surface area contributed by atoms with Gasteiger partial charge >= 0.3 is 23.9 Å². The number of fused-ring (bicyclic) bond motifs is 1. The van der Waals surface area contributed by atoms with Crippen molar-refractivity contribution in [2.45, 2.75) is 217 Å². The molecule has 0 amide bonds. The van der Waals surface area contributed by atoms with Crippen molar-refractivity contribution in [1.29, 1.82) is 0 Å². The third-order valence-corrected chi connectivity index (χ3v) is 17.3. The summed E-state index contributed by atoms with van der Waals surface area (Å²) in [4.78, 5) is 70.4. The van der Waals surface area contributed by atoms with Crippen LogP contribution in [0.4, 0.5) is 5.69 Å². The number of cyclic esters (lactones) is 1. The van der Waals surface area contributed by atoms with Gasteiger partial charge in [0.05, 0.1) is 67.7 Å². The summed E-state index contributed by atoms with van der Waals surface area (Å²) in [5, 5.41) is 51.7. The molecule has 1 saturated carbocycles. The van der Waals surface area contributed by atoms with Crippen molar-refractivity contribution in [3.63, 3.8) is 0 Å². The summed E-state index contributed by atoms with van der Waals surface area (Å²) in [7, 11) is 7.04. The van der Waals surface area contributed by atoms with Crippen molar-refractivity contribution in [3.05, 3.63) is 40.2 Å². The normalized spacial score (nSPS) is 36.1. The van der Waals surface area contributed by atoms with E-state index in [0.29, 0.717) is 36.1 Å². The van der Waals surface area contributed by atoms with Gasteiger partial charge in [-0.2, -0.15) is 0 Å². The number of hydrogen-bond donors (Lipinski definition) is 5. The zero-order valence-corrected chi connectivity index (χ0v) is 51.5. The van der Waals surface area contributed by atoms with Gasteiger partial charge in [0.2, 0.25) is 5.43 Å². The molecule has 4 heterocycles. The summed E-state index contributed by atoms with van der Waals surface area (Å²) in [5.41, 5.74) is -4.18. The number of pyridine rings is 1. The van der Waals surface area contributed by atoms with Crippen LogP contribution in [-0.2, 0) is 61.8 Å². The van der Waals surface area contributed by atoms with Crippen LogP contribution in [-0.4, -0.2) is 217 Å². The molecule has 18 atom stereocenters. The van der Waals surface area contributed by atoms with E-state index in [-0.39, 0.29) is 75.2 Å². The van der Waals surface area contributed by atoms with Gasteiger partial charge in [-0.05, 0) is 133 Å². The maximum atomic E-state index is 14.6. The lowest BCUT2D eigenvalue weighted by molar-refractivity contribution is -0.318. The van der Waals surface area contributed by atoms with E-state index in [0.717, 1.165) is 12.8 Å². The number of aliphatic hydroxyl groups excluding tert-OH is 2. The quantitative estimate of drug-likeness (QED) is 0.0700. The molecule has 23 nitrogen and oxygen atoms in total. The summed E-state index contributed by atoms with van der Waals surface area (Å²) >= 11 is 0. The first kappa shape index (κ1) is 67.8. The molecule has 0 spiro atoms. The monoisotopic (exact) mass is 1180 g/mol. The van der Waals surface area contributed by atoms with Crippen molar-refractivity contribution >= 4 is 40.5 Å². The maximum absolute atomic E-state index is 14.6. The molecule has 5 N–H and O–H groups in total. The highest BCUT2D eigenvalue weighted by molar-refractivity contribution is 5.95. The zero-order chi connectivity index (χ0) is 61.5. The van der Waals surface area contributed by atoms with Gasteiger partial charge in [0, 0.05) is 67.9 Å². The number of aromatic nitrogens is 1. The van der Waals surface area contributed by atoms with E-state index >= 15 is 0 Å². The van der Waals surface area contributed by atoms with Crippen LogP contribution in [0.15, 0.2) is 29.2 Å². The fraction of sp³-hybridized carbons (Fsp3) is 0.783. The number of likely N-dealkylation sites (N-methyl/N-ethyl adjacent to an activating group) is 2. The van der Waals surface area contributed by atoms with Crippen molar-refractivity contribution < 1.29 is 87.0 Å². The molecule has 3 aliphatic heterocycles. The van der Waals surface area contributed by atoms with Gasteiger partial charge in [0.1, 0.15) is 35.1 Å². The van der Waals surface area contributed by atoms with E-state index in [9.17, 15) is 44.4 Å². The summed E-state index contributed by atoms with van der Waals surface area (Å²) < 4.78 is 62.5. The van der Waals surface area contributed by atoms with E-state index in [1.807, 2.05) is 55.4 Å². The van der Waals surface area contributed by atoms with Crippen molar-refractivity contribution in [2.75, 3.05) is 73.1 Å². The second-order valence-corrected chi connectivity index (χ2v) is 24.5. The molecule has 23 heteroatoms. The predicted molar refractivity (Wildman–Crippen MR) is 305 cm³/mol. The highest BCUT2D eigenvalue weighted by Crippen LogP contribution is 2.42. The van der Waals surface area contributed by atoms with E-state index in [1.165, 1.54) is 20.2 Å². The number of nitrogens with one attached hydrogen (secondary N) is 1. The van der Waals surface area contributed by atoms with Crippen molar-refractivity contribution in [2.24, 2.45) is 17.8 Å². The molecule has 4 aliphatic rings. The van der Waals surface area contributed by atoms with Crippen LogP contribution >= 0.6 is 0 Å². The summed E-state index contributed by atoms with van der Waals surface area (Å²) in [6.07, 6.45) is -6.19. The lowest BCUT2D eigenvalue weighted by Crippen LogP contribution is -2.61. The van der Waals surface area contributed by atoms with Gasteiger partial charge in [-0.3, -0.25) is 14.4 Å². The summed E-state index contributed by atoms with van der Waals surface area (Å²) in [6, 6.07) is 4.48. The molecule has 1 aliphatic carbocycles. The first-order valence-electron chi connectivity index (χ1n) is 29.6. The number of carbonyl (C=O) groups is 4. The maximum Gasteiger partial charge on any atom is 0.344 e. The Morgan fingerprint density at radius 2 is 1.60 bits per heavy atom. The van der Waals surface area contributed by atoms with Crippen LogP contribution in [0, 0.1) is 17.8 Å². The van der Waals surface area contributed by atoms with Gasteiger partial charge in [-0.25, -0.2) is 9.59 Å². The number of methoxy groups -OCH3 is 1. The summed E-state index contributed by atoms with van der Waals surface area (Å²) in [6.45, 7) is 19.5. The molecule has 2 aromatic rings. The molecular formula is C60H96N4O19. The number of nitrogens with zero attached hydrogens (tertiary/aromatic N) is 3. The number of ether oxygens (including phenoxy) is 10. The molecule has 4 fully saturated rings. The Kier molecular flexibility index (Phi) is 23.6. The van der Waals surface area contributed by atoms with E-state index in [2.05, 4.69) is 5.32 Å². The Morgan fingerprint density at radius 3 is 2.24 bits per heavy atom. The lowest BCUT2D eigenvalue weighted by atomic mass is 9.77. The topological polar surface area (TPSA) is 282 Å². The highest BCUT2D eigenvalue weighted by Gasteiger charge is 2.54. The molecule has 0 radical (unpaired) electrons. The van der Waals surface area contributed by atoms with E-state index in [4.69, 9.17) is 47.4 Å². The molecule has 6 rings (SSSR count). The van der Waals surface area contributed by atoms with Crippen molar-refractivity contribution in [1.82, 2.24) is 14.4 Å². The van der Waals surface area contributed by atoms with Gasteiger partial charge in [0.15, 0.2) is 25.3 Å². The number of hydrogen-bond acceptors (Lipinski definition) is 22. The number of anilines is 1. The first-order valence-corrected chi connectivity index (χ1v) is 29.6. The predicted octanol–water partition coefficient (Wildman–Crippen LogP) is 4.34. The van der Waals surface area contributed by atoms with Crippen molar-refractivity contribution in [3.8, 4) is 0 Å². The number of aliphatic hydroxyl groups is 4. The molecule has 1 aromatic heterocycles. The SMILES string of the molecule is CCOC(=O)COC(=O)c1cn(C2CC2)c2ccc(NCCOCCC(=O)O[C@H]3[C@H](C)O[C@@H](O[C@H]4[C@H](C)[C@@H](O[C@@H]5O[C@H](C)C[C@H](N(C)C)[C@@H]5O)[C@](C)(O)C[C@@H](C)CN(C)[C@H](C)[C@@H](O)[C@](C)(O)[C@@H](CC)OC(=O)[C@@H]4C)C[C@@]3(C)OC)cc2c1=O. The van der Waals surface area contributed by atoms with Crippen LogP contribution in [0.3, 0.4) is 0 Å². The van der Waals surface area contributed by atoms with Crippen LogP contribution in [0.2, 0.25) is 0 Å². The van der Waals surface area contributed by atoms with Crippen LogP contribution in [0.1, 0.15) is 138 Å². The minimum atomic E-state index is -1.88. The molecule has 1 aromatic carbocycles. The fourth-order valence-electron chi connectivity index (χ4n) is 12.3. The minimum absolute atomic E-state index is 0.0111. The second kappa shape index (κ2) is 28.9. The Morgan fingerprint density at radius 1 is 0.904 bits per heavy atom. The van der Waals surface area contributed by atoms with E-state index in [1.54, 1.807) is 67.5 Å². The minimum Gasteiger partial charge on any atom is -0.463 e. The number of benzene rings is 1. The van der Waals surface area contributed by atoms with Crippen LogP contribution in [0.25, 0.3) is 10.9 Å². The van der Waals surface area contributed by atoms with E-state index < -0.39 is 126 Å². The first-order chi connectivity index (χ1) is 39.0. The largest absolute Gasteiger partial charge is 0.463 e.